The van der Waals surface area contributed by atoms with Gasteiger partial charge in [-0.1, -0.05) is 41.6 Å². The number of nitrogens with one attached hydrogen (secondary N) is 2. The van der Waals surface area contributed by atoms with Crippen molar-refractivity contribution in [3.8, 4) is 5.69 Å². The Hall–Kier alpha value is -3.69. The number of aromatic nitrogens is 6. The number of nitrogens with zero attached hydrogens (tertiary/aromatic N) is 5. The molecule has 0 spiro atoms. The third-order valence-electron chi connectivity index (χ3n) is 4.85. The summed E-state index contributed by atoms with van der Waals surface area (Å²) in [4.78, 5) is 25.2. The van der Waals surface area contributed by atoms with Gasteiger partial charge in [0.2, 0.25) is 5.82 Å². The summed E-state index contributed by atoms with van der Waals surface area (Å²) in [5.41, 5.74) is 3.59. The van der Waals surface area contributed by atoms with Crippen LogP contribution in [0.3, 0.4) is 0 Å². The van der Waals surface area contributed by atoms with Crippen molar-refractivity contribution in [2.45, 2.75) is 17.8 Å². The zero-order chi connectivity index (χ0) is 22.8. The molecule has 5 aromatic rings. The third-order valence-corrected chi connectivity index (χ3v) is 6.04. The number of thioether (sulfide) groups is 1. The first-order chi connectivity index (χ1) is 16.1. The van der Waals surface area contributed by atoms with E-state index < -0.39 is 5.91 Å². The van der Waals surface area contributed by atoms with Gasteiger partial charge in [-0.2, -0.15) is 0 Å². The molecule has 164 valence electrons. The fraction of sp³-hybridized carbons (Fsp3) is 0.0870. The molecule has 5 rings (SSSR count). The lowest BCUT2D eigenvalue weighted by Gasteiger charge is -2.10. The Morgan fingerprint density at radius 2 is 1.91 bits per heavy atom. The molecule has 2 aromatic carbocycles. The number of aryl methyl sites for hydroxylation is 1. The zero-order valence-corrected chi connectivity index (χ0v) is 19.1. The number of pyridine rings is 1. The standard InChI is InChI=1S/C23H18ClN7OS/c1-14-6-11-19(25-12-14)28-22(32)21-29-30-23(31(21)16-9-7-15(24)8-10-16)33-13-20-26-17-4-2-3-5-18(17)27-20/h2-12H,13H2,1H3,(H,26,27)(H,25,28,32). The Balaban J connectivity index is 1.45. The van der Waals surface area contributed by atoms with Crippen LogP contribution in [-0.2, 0) is 5.75 Å². The topological polar surface area (TPSA) is 101 Å². The monoisotopic (exact) mass is 475 g/mol. The van der Waals surface area contributed by atoms with E-state index in [4.69, 9.17) is 11.6 Å². The highest BCUT2D eigenvalue weighted by Crippen LogP contribution is 2.26. The first-order valence-electron chi connectivity index (χ1n) is 10.1. The van der Waals surface area contributed by atoms with Gasteiger partial charge in [0.15, 0.2) is 5.16 Å². The number of halogens is 1. The largest absolute Gasteiger partial charge is 0.341 e. The molecule has 2 N–H and O–H groups in total. The molecule has 0 saturated heterocycles. The molecule has 0 saturated carbocycles. The van der Waals surface area contributed by atoms with Crippen LogP contribution in [0.1, 0.15) is 22.0 Å². The van der Waals surface area contributed by atoms with Gasteiger partial charge in [0, 0.05) is 11.2 Å². The molecule has 10 heteroatoms. The van der Waals surface area contributed by atoms with Crippen LogP contribution < -0.4 is 5.32 Å². The van der Waals surface area contributed by atoms with Crippen molar-refractivity contribution in [3.05, 3.63) is 89.1 Å². The summed E-state index contributed by atoms with van der Waals surface area (Å²) in [5, 5.41) is 12.4. The number of amides is 1. The van der Waals surface area contributed by atoms with Crippen LogP contribution in [0.4, 0.5) is 5.82 Å². The summed E-state index contributed by atoms with van der Waals surface area (Å²) in [5.74, 6) is 1.51. The van der Waals surface area contributed by atoms with Gasteiger partial charge in [0.1, 0.15) is 11.6 Å². The van der Waals surface area contributed by atoms with Crippen LogP contribution in [0, 0.1) is 6.92 Å². The van der Waals surface area contributed by atoms with Crippen molar-refractivity contribution < 1.29 is 4.79 Å². The Labute approximate surface area is 198 Å². The molecule has 0 aliphatic heterocycles. The second-order valence-electron chi connectivity index (χ2n) is 7.28. The summed E-state index contributed by atoms with van der Waals surface area (Å²) in [7, 11) is 0. The summed E-state index contributed by atoms with van der Waals surface area (Å²) < 4.78 is 1.70. The summed E-state index contributed by atoms with van der Waals surface area (Å²) in [6, 6.07) is 18.6. The first kappa shape index (κ1) is 21.2. The summed E-state index contributed by atoms with van der Waals surface area (Å²) in [6.07, 6.45) is 1.69. The number of benzene rings is 2. The van der Waals surface area contributed by atoms with Crippen molar-refractivity contribution in [1.29, 1.82) is 0 Å². The second kappa shape index (κ2) is 9.05. The normalized spacial score (nSPS) is 11.1. The molecule has 0 fully saturated rings. The van der Waals surface area contributed by atoms with E-state index in [1.165, 1.54) is 11.8 Å². The molecule has 0 radical (unpaired) electrons. The average molecular weight is 476 g/mol. The SMILES string of the molecule is Cc1ccc(NC(=O)c2nnc(SCc3nc4ccccc4[nH]3)n2-c2ccc(Cl)cc2)nc1. The molecule has 0 aliphatic carbocycles. The number of carbonyl (C=O) groups is 1. The van der Waals surface area contributed by atoms with E-state index in [-0.39, 0.29) is 5.82 Å². The van der Waals surface area contributed by atoms with E-state index in [9.17, 15) is 4.79 Å². The minimum atomic E-state index is -0.413. The fourth-order valence-corrected chi connectivity index (χ4v) is 4.20. The Bertz CT molecular complexity index is 1390. The highest BCUT2D eigenvalue weighted by molar-refractivity contribution is 7.98. The molecule has 33 heavy (non-hydrogen) atoms. The zero-order valence-electron chi connectivity index (χ0n) is 17.5. The number of rotatable bonds is 6. The number of anilines is 1. The molecular formula is C23H18ClN7OS. The molecule has 1 amide bonds. The van der Waals surface area contributed by atoms with Crippen molar-refractivity contribution in [2.75, 3.05) is 5.32 Å². The van der Waals surface area contributed by atoms with E-state index in [1.807, 2.05) is 49.4 Å². The lowest BCUT2D eigenvalue weighted by atomic mass is 10.3. The van der Waals surface area contributed by atoms with Crippen LogP contribution in [0.25, 0.3) is 16.7 Å². The molecule has 0 unspecified atom stereocenters. The smallest absolute Gasteiger partial charge is 0.295 e. The number of para-hydroxylation sites is 2. The number of hydrogen-bond acceptors (Lipinski definition) is 6. The van der Waals surface area contributed by atoms with E-state index in [2.05, 4.69) is 30.5 Å². The van der Waals surface area contributed by atoms with Crippen LogP contribution >= 0.6 is 23.4 Å². The average Bonchev–Trinajstić information content (AvgIpc) is 3.43. The Morgan fingerprint density at radius 1 is 1.09 bits per heavy atom. The van der Waals surface area contributed by atoms with E-state index in [1.54, 1.807) is 29.0 Å². The number of fused-ring (bicyclic) bond motifs is 1. The second-order valence-corrected chi connectivity index (χ2v) is 8.66. The van der Waals surface area contributed by atoms with Gasteiger partial charge in [-0.05, 0) is 55.0 Å². The Morgan fingerprint density at radius 3 is 2.67 bits per heavy atom. The molecule has 0 bridgehead atoms. The van der Waals surface area contributed by atoms with E-state index in [0.717, 1.165) is 28.1 Å². The van der Waals surface area contributed by atoms with Gasteiger partial charge in [-0.3, -0.25) is 9.36 Å². The number of hydrogen-bond donors (Lipinski definition) is 2. The van der Waals surface area contributed by atoms with Crippen molar-refractivity contribution >= 4 is 46.1 Å². The predicted octanol–water partition coefficient (Wildman–Crippen LogP) is 5.05. The van der Waals surface area contributed by atoms with Gasteiger partial charge in [-0.25, -0.2) is 9.97 Å². The number of carbonyl (C=O) groups excluding carboxylic acids is 1. The molecule has 3 aromatic heterocycles. The van der Waals surface area contributed by atoms with Crippen molar-refractivity contribution in [3.63, 3.8) is 0 Å². The van der Waals surface area contributed by atoms with Crippen LogP contribution in [-0.4, -0.2) is 35.6 Å². The molecule has 8 nitrogen and oxygen atoms in total. The minimum absolute atomic E-state index is 0.145. The quantitative estimate of drug-likeness (QED) is 0.333. The van der Waals surface area contributed by atoms with Gasteiger partial charge >= 0.3 is 0 Å². The first-order valence-corrected chi connectivity index (χ1v) is 11.4. The highest BCUT2D eigenvalue weighted by Gasteiger charge is 2.21. The van der Waals surface area contributed by atoms with Gasteiger partial charge in [0.25, 0.3) is 5.91 Å². The van der Waals surface area contributed by atoms with Crippen molar-refractivity contribution in [2.24, 2.45) is 0 Å². The van der Waals surface area contributed by atoms with Gasteiger partial charge in [-0.15, -0.1) is 10.2 Å². The summed E-state index contributed by atoms with van der Waals surface area (Å²) >= 11 is 7.50. The van der Waals surface area contributed by atoms with Crippen LogP contribution in [0.2, 0.25) is 5.02 Å². The van der Waals surface area contributed by atoms with Crippen LogP contribution in [0.5, 0.6) is 0 Å². The fourth-order valence-electron chi connectivity index (χ4n) is 3.25. The molecule has 3 heterocycles. The number of imidazole rings is 1. The highest BCUT2D eigenvalue weighted by atomic mass is 35.5. The molecule has 0 atom stereocenters. The van der Waals surface area contributed by atoms with Gasteiger partial charge in [0.05, 0.1) is 22.5 Å². The molecular weight excluding hydrogens is 458 g/mol. The molecule has 0 aliphatic rings. The lowest BCUT2D eigenvalue weighted by Crippen LogP contribution is -2.18. The minimum Gasteiger partial charge on any atom is -0.341 e. The lowest BCUT2D eigenvalue weighted by molar-refractivity contribution is 0.101. The van der Waals surface area contributed by atoms with Gasteiger partial charge < -0.3 is 10.3 Å². The predicted molar refractivity (Wildman–Crippen MR) is 129 cm³/mol. The third kappa shape index (κ3) is 4.59. The van der Waals surface area contributed by atoms with Crippen LogP contribution in [0.15, 0.2) is 72.0 Å². The maximum atomic E-state index is 13.0. The summed E-state index contributed by atoms with van der Waals surface area (Å²) in [6.45, 7) is 1.93. The maximum Gasteiger partial charge on any atom is 0.295 e. The Kier molecular flexibility index (Phi) is 5.80. The maximum absolute atomic E-state index is 13.0. The number of aromatic amines is 1. The van der Waals surface area contributed by atoms with Crippen molar-refractivity contribution in [1.82, 2.24) is 29.7 Å². The number of H-pyrrole nitrogens is 1. The van der Waals surface area contributed by atoms with E-state index in [0.29, 0.717) is 21.7 Å². The van der Waals surface area contributed by atoms with E-state index >= 15 is 0 Å².